The Morgan fingerprint density at radius 1 is 1.18 bits per heavy atom. The molecular formula is C22H17F2N5O4. The van der Waals surface area contributed by atoms with E-state index < -0.39 is 47.5 Å². The molecule has 0 spiro atoms. The van der Waals surface area contributed by atoms with E-state index >= 15 is 0 Å². The van der Waals surface area contributed by atoms with Gasteiger partial charge in [0, 0.05) is 24.4 Å². The summed E-state index contributed by atoms with van der Waals surface area (Å²) in [6.07, 6.45) is -0.654. The predicted octanol–water partition coefficient (Wildman–Crippen LogP) is 2.14. The number of anilines is 1. The third kappa shape index (κ3) is 4.54. The van der Waals surface area contributed by atoms with E-state index in [1.54, 1.807) is 12.1 Å². The molecule has 0 unspecified atom stereocenters. The van der Waals surface area contributed by atoms with E-state index in [1.165, 1.54) is 30.7 Å². The zero-order valence-electron chi connectivity index (χ0n) is 16.9. The third-order valence-corrected chi connectivity index (χ3v) is 5.12. The normalized spacial score (nSPS) is 22.4. The van der Waals surface area contributed by atoms with E-state index in [2.05, 4.69) is 20.3 Å². The molecule has 0 aliphatic carbocycles. The molecule has 2 aromatic heterocycles. The van der Waals surface area contributed by atoms with Gasteiger partial charge in [0.2, 0.25) is 0 Å². The summed E-state index contributed by atoms with van der Waals surface area (Å²) in [6.45, 7) is 0. The summed E-state index contributed by atoms with van der Waals surface area (Å²) in [6, 6.07) is 7.92. The molecule has 0 radical (unpaired) electrons. The van der Waals surface area contributed by atoms with Crippen molar-refractivity contribution in [2.24, 2.45) is 0 Å². The Morgan fingerprint density at radius 2 is 1.94 bits per heavy atom. The number of amides is 1. The molecule has 1 aliphatic rings. The zero-order chi connectivity index (χ0) is 23.5. The molecule has 168 valence electrons. The maximum atomic E-state index is 14.1. The molecule has 1 saturated heterocycles. The number of aliphatic hydroxyl groups is 2. The molecule has 1 amide bonds. The van der Waals surface area contributed by atoms with E-state index in [4.69, 9.17) is 4.74 Å². The van der Waals surface area contributed by atoms with Gasteiger partial charge in [-0.2, -0.15) is 5.26 Å². The molecule has 0 saturated carbocycles. The quantitative estimate of drug-likeness (QED) is 0.546. The number of rotatable bonds is 4. The number of aromatic nitrogens is 3. The molecule has 1 aliphatic heterocycles. The van der Waals surface area contributed by atoms with Gasteiger partial charge in [-0.05, 0) is 24.3 Å². The van der Waals surface area contributed by atoms with Crippen LogP contribution in [0, 0.1) is 23.0 Å². The first kappa shape index (κ1) is 22.3. The first-order chi connectivity index (χ1) is 15.9. The van der Waals surface area contributed by atoms with Crippen molar-refractivity contribution >= 4 is 11.6 Å². The maximum Gasteiger partial charge on any atom is 0.274 e. The second kappa shape index (κ2) is 9.33. The van der Waals surface area contributed by atoms with Crippen molar-refractivity contribution in [2.75, 3.05) is 5.32 Å². The molecule has 3 heterocycles. The number of hydrogen-bond donors (Lipinski definition) is 3. The zero-order valence-corrected chi connectivity index (χ0v) is 16.9. The van der Waals surface area contributed by atoms with Crippen LogP contribution >= 0.6 is 0 Å². The van der Waals surface area contributed by atoms with E-state index in [0.29, 0.717) is 5.56 Å². The summed E-state index contributed by atoms with van der Waals surface area (Å²) < 4.78 is 33.8. The molecule has 0 bridgehead atoms. The van der Waals surface area contributed by atoms with Gasteiger partial charge in [-0.1, -0.05) is 6.07 Å². The maximum absolute atomic E-state index is 14.1. The summed E-state index contributed by atoms with van der Waals surface area (Å²) in [7, 11) is 0. The Balaban J connectivity index is 1.60. The number of carbonyl (C=O) groups excluding carboxylic acids is 1. The molecule has 3 aromatic rings. The summed E-state index contributed by atoms with van der Waals surface area (Å²) in [5, 5.41) is 31.7. The highest BCUT2D eigenvalue weighted by molar-refractivity contribution is 6.03. The van der Waals surface area contributed by atoms with E-state index in [9.17, 15) is 29.1 Å². The fourth-order valence-corrected chi connectivity index (χ4v) is 3.47. The van der Waals surface area contributed by atoms with Gasteiger partial charge < -0.3 is 20.3 Å². The van der Waals surface area contributed by atoms with Crippen molar-refractivity contribution in [3.05, 3.63) is 71.8 Å². The molecule has 33 heavy (non-hydrogen) atoms. The van der Waals surface area contributed by atoms with E-state index in [1.807, 2.05) is 0 Å². The largest absolute Gasteiger partial charge is 0.390 e. The number of pyridine rings is 1. The van der Waals surface area contributed by atoms with Gasteiger partial charge in [0.25, 0.3) is 5.91 Å². The van der Waals surface area contributed by atoms with Crippen LogP contribution < -0.4 is 5.32 Å². The standard InChI is InChI=1S/C22H17F2N5O4/c23-12-2-1-3-13(24)19(12)21-27-7-5-14(28-21)22(32)29-15-10-26-6-4-11(15)17-8-16(30)20(31)18(9-25)33-17/h1-7,10,16-18,20,30-31H,8H2,(H,29,32)/t16-,17-,18-,20+/m1/s1. The smallest absolute Gasteiger partial charge is 0.274 e. The Morgan fingerprint density at radius 3 is 2.67 bits per heavy atom. The Bertz CT molecular complexity index is 1220. The Hall–Kier alpha value is -3.85. The number of nitrogens with zero attached hydrogens (tertiary/aromatic N) is 4. The summed E-state index contributed by atoms with van der Waals surface area (Å²) in [4.78, 5) is 24.6. The second-order valence-electron chi connectivity index (χ2n) is 7.25. The average Bonchev–Trinajstić information content (AvgIpc) is 2.81. The van der Waals surface area contributed by atoms with Crippen LogP contribution in [-0.2, 0) is 4.74 Å². The lowest BCUT2D eigenvalue weighted by Gasteiger charge is -2.34. The van der Waals surface area contributed by atoms with Gasteiger partial charge in [0.15, 0.2) is 11.9 Å². The van der Waals surface area contributed by atoms with Gasteiger partial charge in [-0.15, -0.1) is 0 Å². The van der Waals surface area contributed by atoms with Crippen molar-refractivity contribution in [1.29, 1.82) is 5.26 Å². The summed E-state index contributed by atoms with van der Waals surface area (Å²) >= 11 is 0. The lowest BCUT2D eigenvalue weighted by atomic mass is 9.94. The van der Waals surface area contributed by atoms with Gasteiger partial charge in [-0.25, -0.2) is 18.7 Å². The average molecular weight is 453 g/mol. The molecule has 11 heteroatoms. The van der Waals surface area contributed by atoms with Crippen LogP contribution in [0.25, 0.3) is 11.4 Å². The third-order valence-electron chi connectivity index (χ3n) is 5.12. The van der Waals surface area contributed by atoms with Crippen LogP contribution in [0.2, 0.25) is 0 Å². The fourth-order valence-electron chi connectivity index (χ4n) is 3.47. The van der Waals surface area contributed by atoms with Gasteiger partial charge in [-0.3, -0.25) is 9.78 Å². The minimum Gasteiger partial charge on any atom is -0.390 e. The van der Waals surface area contributed by atoms with Crippen LogP contribution in [0.3, 0.4) is 0 Å². The molecule has 1 fully saturated rings. The summed E-state index contributed by atoms with van der Waals surface area (Å²) in [5.74, 6) is -2.75. The minimum absolute atomic E-state index is 0.0174. The highest BCUT2D eigenvalue weighted by Gasteiger charge is 2.38. The lowest BCUT2D eigenvalue weighted by molar-refractivity contribution is -0.150. The first-order valence-electron chi connectivity index (χ1n) is 9.83. The number of hydrogen-bond acceptors (Lipinski definition) is 8. The molecule has 4 atom stereocenters. The predicted molar refractivity (Wildman–Crippen MR) is 109 cm³/mol. The topological polar surface area (TPSA) is 141 Å². The SMILES string of the molecule is N#C[C@H]1O[C@@H](c2ccncc2NC(=O)c2ccnc(-c3c(F)cccc3F)n2)C[C@@H](O)[C@@H]1O. The number of ether oxygens (including phenoxy) is 1. The highest BCUT2D eigenvalue weighted by Crippen LogP contribution is 2.35. The fraction of sp³-hybridized carbons (Fsp3) is 0.227. The van der Waals surface area contributed by atoms with Crippen molar-refractivity contribution in [2.45, 2.75) is 30.8 Å². The van der Waals surface area contributed by atoms with Gasteiger partial charge in [0.05, 0.1) is 35.7 Å². The number of aliphatic hydroxyl groups excluding tert-OH is 2. The van der Waals surface area contributed by atoms with Crippen LogP contribution in [0.15, 0.2) is 48.9 Å². The Kier molecular flexibility index (Phi) is 6.32. The van der Waals surface area contributed by atoms with Crippen LogP contribution in [0.4, 0.5) is 14.5 Å². The molecule has 4 rings (SSSR count). The van der Waals surface area contributed by atoms with Crippen molar-refractivity contribution in [3.63, 3.8) is 0 Å². The number of benzene rings is 1. The van der Waals surface area contributed by atoms with Gasteiger partial charge in [0.1, 0.15) is 23.4 Å². The van der Waals surface area contributed by atoms with E-state index in [-0.39, 0.29) is 23.6 Å². The minimum atomic E-state index is -1.36. The number of halogens is 2. The Labute approximate surface area is 186 Å². The van der Waals surface area contributed by atoms with Crippen molar-refractivity contribution in [1.82, 2.24) is 15.0 Å². The van der Waals surface area contributed by atoms with Crippen molar-refractivity contribution < 1.29 is 28.5 Å². The second-order valence-corrected chi connectivity index (χ2v) is 7.25. The van der Waals surface area contributed by atoms with Crippen LogP contribution in [0.1, 0.15) is 28.6 Å². The van der Waals surface area contributed by atoms with Crippen molar-refractivity contribution in [3.8, 4) is 17.5 Å². The van der Waals surface area contributed by atoms with Gasteiger partial charge >= 0.3 is 0 Å². The van der Waals surface area contributed by atoms with Crippen LogP contribution in [0.5, 0.6) is 0 Å². The highest BCUT2D eigenvalue weighted by atomic mass is 19.1. The monoisotopic (exact) mass is 453 g/mol. The van der Waals surface area contributed by atoms with Crippen LogP contribution in [-0.4, -0.2) is 49.4 Å². The lowest BCUT2D eigenvalue weighted by Crippen LogP contribution is -2.44. The molecule has 9 nitrogen and oxygen atoms in total. The molecular weight excluding hydrogens is 436 g/mol. The summed E-state index contributed by atoms with van der Waals surface area (Å²) in [5.41, 5.74) is 0.0104. The first-order valence-corrected chi connectivity index (χ1v) is 9.83. The molecule has 3 N–H and O–H groups in total. The van der Waals surface area contributed by atoms with E-state index in [0.717, 1.165) is 12.1 Å². The number of carbonyl (C=O) groups is 1. The number of nitrogens with one attached hydrogen (secondary N) is 1. The number of nitriles is 1. The molecule has 1 aromatic carbocycles.